The fraction of sp³-hybridized carbons (Fsp3) is 0.167. The molecule has 0 saturated carbocycles. The Morgan fingerprint density at radius 1 is 1.21 bits per heavy atom. The van der Waals surface area contributed by atoms with Gasteiger partial charge in [0.15, 0.2) is 5.82 Å². The van der Waals surface area contributed by atoms with Crippen LogP contribution in [-0.4, -0.2) is 22.4 Å². The smallest absolute Gasteiger partial charge is 0.406 e. The van der Waals surface area contributed by atoms with Gasteiger partial charge in [-0.15, -0.1) is 24.9 Å². The molecule has 0 aliphatic carbocycles. The number of hydrogen-bond acceptors (Lipinski definition) is 6. The Morgan fingerprint density at radius 3 is 2.71 bits per heavy atom. The van der Waals surface area contributed by atoms with E-state index in [9.17, 15) is 18.0 Å². The molecule has 146 valence electrons. The van der Waals surface area contributed by atoms with Gasteiger partial charge in [-0.25, -0.2) is 0 Å². The van der Waals surface area contributed by atoms with E-state index in [4.69, 9.17) is 4.52 Å². The Balaban J connectivity index is 1.71. The van der Waals surface area contributed by atoms with E-state index in [2.05, 4.69) is 20.2 Å². The number of ether oxygens (including phenoxy) is 1. The fourth-order valence-corrected chi connectivity index (χ4v) is 3.18. The monoisotopic (exact) mass is 409 g/mol. The quantitative estimate of drug-likeness (QED) is 0.588. The highest BCUT2D eigenvalue weighted by atomic mass is 32.2. The summed E-state index contributed by atoms with van der Waals surface area (Å²) in [4.78, 5) is 17.4. The van der Waals surface area contributed by atoms with Crippen molar-refractivity contribution in [2.45, 2.75) is 23.9 Å². The molecule has 0 atom stereocenters. The van der Waals surface area contributed by atoms with Crippen LogP contribution in [0.1, 0.15) is 22.1 Å². The molecule has 28 heavy (non-hydrogen) atoms. The molecule has 0 aliphatic rings. The highest BCUT2D eigenvalue weighted by Gasteiger charge is 2.31. The lowest BCUT2D eigenvalue weighted by molar-refractivity contribution is -0.274. The van der Waals surface area contributed by atoms with Gasteiger partial charge in [-0.05, 0) is 24.3 Å². The van der Waals surface area contributed by atoms with Crippen LogP contribution < -0.4 is 10.1 Å². The third-order valence-corrected chi connectivity index (χ3v) is 4.45. The number of nitrogens with one attached hydrogen (secondary N) is 1. The largest absolute Gasteiger partial charge is 0.573 e. The van der Waals surface area contributed by atoms with Crippen LogP contribution in [0, 0.1) is 6.92 Å². The molecule has 0 fully saturated rings. The van der Waals surface area contributed by atoms with Gasteiger partial charge in [-0.3, -0.25) is 4.79 Å². The summed E-state index contributed by atoms with van der Waals surface area (Å²) in [6, 6.07) is 11.9. The Morgan fingerprint density at radius 2 is 2.00 bits per heavy atom. The number of rotatable bonds is 6. The Labute approximate surface area is 162 Å². The average Bonchev–Trinajstić information content (AvgIpc) is 3.04. The summed E-state index contributed by atoms with van der Waals surface area (Å²) in [6.07, 6.45) is -4.81. The zero-order chi connectivity index (χ0) is 20.1. The number of amides is 1. The third kappa shape index (κ3) is 5.49. The van der Waals surface area contributed by atoms with Crippen LogP contribution in [0.25, 0.3) is 0 Å². The number of aromatic nitrogens is 2. The molecule has 0 radical (unpaired) electrons. The average molecular weight is 409 g/mol. The molecule has 6 nitrogen and oxygen atoms in total. The van der Waals surface area contributed by atoms with Crippen LogP contribution in [0.2, 0.25) is 0 Å². The van der Waals surface area contributed by atoms with E-state index in [1.165, 1.54) is 23.9 Å². The summed E-state index contributed by atoms with van der Waals surface area (Å²) in [5.41, 5.74) is 0.551. The van der Waals surface area contributed by atoms with E-state index in [0.717, 1.165) is 12.1 Å². The first kappa shape index (κ1) is 19.7. The summed E-state index contributed by atoms with van der Waals surface area (Å²) in [7, 11) is 0. The minimum atomic E-state index is -4.81. The molecule has 1 N–H and O–H groups in total. The minimum Gasteiger partial charge on any atom is -0.406 e. The topological polar surface area (TPSA) is 77.2 Å². The molecule has 0 spiro atoms. The van der Waals surface area contributed by atoms with E-state index in [1.54, 1.807) is 31.2 Å². The van der Waals surface area contributed by atoms with E-state index in [1.807, 2.05) is 0 Å². The van der Waals surface area contributed by atoms with Gasteiger partial charge in [0.05, 0.1) is 11.3 Å². The van der Waals surface area contributed by atoms with Crippen molar-refractivity contribution >= 4 is 23.4 Å². The molecule has 0 bridgehead atoms. The predicted molar refractivity (Wildman–Crippen MR) is 96.1 cm³/mol. The highest BCUT2D eigenvalue weighted by molar-refractivity contribution is 7.98. The van der Waals surface area contributed by atoms with Crippen LogP contribution >= 0.6 is 11.8 Å². The standard InChI is InChI=1S/C18H14F3N3O3S/c1-11-22-16(24-27-11)10-28-15-8-3-2-7-14(15)17(25)23-12-5-4-6-13(9-12)26-18(19,20)21/h2-9H,10H2,1H3,(H,23,25). The van der Waals surface area contributed by atoms with Gasteiger partial charge in [0, 0.05) is 23.6 Å². The first-order valence-electron chi connectivity index (χ1n) is 7.98. The number of carbonyl (C=O) groups is 1. The van der Waals surface area contributed by atoms with Crippen LogP contribution in [0.5, 0.6) is 5.75 Å². The van der Waals surface area contributed by atoms with Crippen molar-refractivity contribution in [2.24, 2.45) is 0 Å². The van der Waals surface area contributed by atoms with Gasteiger partial charge in [-0.1, -0.05) is 23.4 Å². The molecular weight excluding hydrogens is 395 g/mol. The zero-order valence-corrected chi connectivity index (χ0v) is 15.3. The molecule has 2 aromatic carbocycles. The van der Waals surface area contributed by atoms with Crippen LogP contribution in [0.15, 0.2) is 57.9 Å². The second kappa shape index (κ2) is 8.34. The maximum Gasteiger partial charge on any atom is 0.573 e. The summed E-state index contributed by atoms with van der Waals surface area (Å²) in [5.74, 6) is 0.463. The predicted octanol–water partition coefficient (Wildman–Crippen LogP) is 4.82. The number of alkyl halides is 3. The molecule has 10 heteroatoms. The van der Waals surface area contributed by atoms with E-state index in [-0.39, 0.29) is 5.69 Å². The van der Waals surface area contributed by atoms with Gasteiger partial charge in [0.1, 0.15) is 5.75 Å². The molecule has 3 aromatic rings. The fourth-order valence-electron chi connectivity index (χ4n) is 2.29. The highest BCUT2D eigenvalue weighted by Crippen LogP contribution is 2.28. The lowest BCUT2D eigenvalue weighted by Gasteiger charge is -2.12. The molecule has 1 aromatic heterocycles. The first-order chi connectivity index (χ1) is 13.3. The lowest BCUT2D eigenvalue weighted by Crippen LogP contribution is -2.17. The summed E-state index contributed by atoms with van der Waals surface area (Å²) in [6.45, 7) is 1.68. The summed E-state index contributed by atoms with van der Waals surface area (Å²) >= 11 is 1.34. The second-order valence-corrected chi connectivity index (χ2v) is 6.56. The molecule has 3 rings (SSSR count). The maximum atomic E-state index is 12.6. The number of nitrogens with zero attached hydrogens (tertiary/aromatic N) is 2. The van der Waals surface area contributed by atoms with E-state index < -0.39 is 18.0 Å². The van der Waals surface area contributed by atoms with E-state index >= 15 is 0 Å². The van der Waals surface area contributed by atoms with Crippen molar-refractivity contribution in [3.63, 3.8) is 0 Å². The Hall–Kier alpha value is -3.01. The number of thioether (sulfide) groups is 1. The van der Waals surface area contributed by atoms with Crippen molar-refractivity contribution in [1.82, 2.24) is 10.1 Å². The molecule has 1 heterocycles. The van der Waals surface area contributed by atoms with Gasteiger partial charge in [0.25, 0.3) is 5.91 Å². The lowest BCUT2D eigenvalue weighted by atomic mass is 10.2. The molecule has 0 aliphatic heterocycles. The number of carbonyl (C=O) groups excluding carboxylic acids is 1. The van der Waals surface area contributed by atoms with Gasteiger partial charge >= 0.3 is 6.36 Å². The van der Waals surface area contributed by atoms with Crippen LogP contribution in [0.4, 0.5) is 18.9 Å². The second-order valence-electron chi connectivity index (χ2n) is 5.54. The number of anilines is 1. The first-order valence-corrected chi connectivity index (χ1v) is 8.97. The number of halogens is 3. The molecule has 0 saturated heterocycles. The van der Waals surface area contributed by atoms with Gasteiger partial charge in [0.2, 0.25) is 5.89 Å². The van der Waals surface area contributed by atoms with Crippen molar-refractivity contribution < 1.29 is 27.2 Å². The number of aryl methyl sites for hydroxylation is 1. The number of hydrogen-bond donors (Lipinski definition) is 1. The van der Waals surface area contributed by atoms with Crippen molar-refractivity contribution in [3.8, 4) is 5.75 Å². The summed E-state index contributed by atoms with van der Waals surface area (Å²) in [5, 5.41) is 6.38. The Bertz CT molecular complexity index is 976. The normalized spacial score (nSPS) is 11.3. The van der Waals surface area contributed by atoms with Crippen molar-refractivity contribution in [1.29, 1.82) is 0 Å². The zero-order valence-electron chi connectivity index (χ0n) is 14.5. The van der Waals surface area contributed by atoms with Crippen LogP contribution in [-0.2, 0) is 5.75 Å². The molecule has 0 unspecified atom stereocenters. The Kier molecular flexibility index (Phi) is 5.88. The molecular formula is C18H14F3N3O3S. The van der Waals surface area contributed by atoms with Crippen LogP contribution in [0.3, 0.4) is 0 Å². The van der Waals surface area contributed by atoms with Gasteiger partial charge < -0.3 is 14.6 Å². The third-order valence-electron chi connectivity index (χ3n) is 3.38. The summed E-state index contributed by atoms with van der Waals surface area (Å²) < 4.78 is 45.8. The van der Waals surface area contributed by atoms with Gasteiger partial charge in [-0.2, -0.15) is 4.98 Å². The number of benzene rings is 2. The minimum absolute atomic E-state index is 0.181. The van der Waals surface area contributed by atoms with E-state index in [0.29, 0.717) is 27.9 Å². The van der Waals surface area contributed by atoms with Crippen molar-refractivity contribution in [3.05, 3.63) is 65.8 Å². The molecule has 1 amide bonds. The SMILES string of the molecule is Cc1nc(CSc2ccccc2C(=O)Nc2cccc(OC(F)(F)F)c2)no1. The van der Waals surface area contributed by atoms with Crippen molar-refractivity contribution in [2.75, 3.05) is 5.32 Å². The maximum absolute atomic E-state index is 12.6.